The van der Waals surface area contributed by atoms with E-state index in [-0.39, 0.29) is 5.91 Å². The minimum Gasteiger partial charge on any atom is -0.326 e. The summed E-state index contributed by atoms with van der Waals surface area (Å²) in [5.74, 6) is 6.52. The van der Waals surface area contributed by atoms with Crippen LogP contribution in [0.25, 0.3) is 0 Å². The van der Waals surface area contributed by atoms with E-state index < -0.39 is 0 Å². The molecule has 0 unspecified atom stereocenters. The summed E-state index contributed by atoms with van der Waals surface area (Å²) in [7, 11) is 0. The third-order valence-corrected chi connectivity index (χ3v) is 3.71. The lowest BCUT2D eigenvalue weighted by atomic mass is 10.0. The minimum absolute atomic E-state index is 0.0522. The molecule has 3 nitrogen and oxygen atoms in total. The van der Waals surface area contributed by atoms with Gasteiger partial charge in [0.1, 0.15) is 5.69 Å². The smallest absolute Gasteiger partial charge is 0.224 e. The highest BCUT2D eigenvalue weighted by molar-refractivity contribution is 5.91. The van der Waals surface area contributed by atoms with E-state index in [2.05, 4.69) is 34.3 Å². The van der Waals surface area contributed by atoms with Gasteiger partial charge in [-0.1, -0.05) is 30.2 Å². The topological polar surface area (TPSA) is 42.0 Å². The zero-order valence-electron chi connectivity index (χ0n) is 12.8. The van der Waals surface area contributed by atoms with Crippen LogP contribution in [0.4, 0.5) is 5.69 Å². The van der Waals surface area contributed by atoms with Crippen molar-refractivity contribution in [3.8, 4) is 11.8 Å². The molecule has 0 aliphatic heterocycles. The molecule has 114 valence electrons. The predicted molar refractivity (Wildman–Crippen MR) is 91.8 cm³/mol. The quantitative estimate of drug-likeness (QED) is 0.692. The number of nitrogens with zero attached hydrogens (tertiary/aromatic N) is 1. The molecule has 1 aromatic carbocycles. The first-order chi connectivity index (χ1) is 11.3. The SMILES string of the molecule is O=C(C[C@@H]1C=CCC1)Nc1cccc(C#Cc2ccccn2)c1. The highest BCUT2D eigenvalue weighted by Gasteiger charge is 2.13. The first-order valence-electron chi connectivity index (χ1n) is 7.79. The van der Waals surface area contributed by atoms with Gasteiger partial charge < -0.3 is 5.32 Å². The summed E-state index contributed by atoms with van der Waals surface area (Å²) in [6.07, 6.45) is 8.69. The summed E-state index contributed by atoms with van der Waals surface area (Å²) >= 11 is 0. The Bertz CT molecular complexity index is 769. The lowest BCUT2D eigenvalue weighted by molar-refractivity contribution is -0.116. The molecular formula is C20H18N2O. The average molecular weight is 302 g/mol. The number of carbonyl (C=O) groups excluding carboxylic acids is 1. The van der Waals surface area contributed by atoms with E-state index in [1.165, 1.54) is 0 Å². The second kappa shape index (κ2) is 7.42. The Morgan fingerprint density at radius 3 is 2.96 bits per heavy atom. The molecule has 0 saturated carbocycles. The molecule has 2 aromatic rings. The van der Waals surface area contributed by atoms with Gasteiger partial charge in [0.2, 0.25) is 5.91 Å². The molecule has 0 bridgehead atoms. The van der Waals surface area contributed by atoms with Gasteiger partial charge in [-0.05, 0) is 55.0 Å². The fourth-order valence-electron chi connectivity index (χ4n) is 2.56. The zero-order chi connectivity index (χ0) is 15.9. The second-order valence-corrected chi connectivity index (χ2v) is 5.56. The number of benzene rings is 1. The van der Waals surface area contributed by atoms with E-state index in [1.54, 1.807) is 6.20 Å². The predicted octanol–water partition coefficient (Wildman–Crippen LogP) is 3.78. The van der Waals surface area contributed by atoms with Crippen molar-refractivity contribution >= 4 is 11.6 Å². The standard InChI is InChI=1S/C20H18N2O/c23-20(15-16-6-1-2-7-16)22-19-10-5-8-17(14-19)11-12-18-9-3-4-13-21-18/h1,3-6,8-10,13-14,16H,2,7,15H2,(H,22,23)/t16-/m1/s1. The Labute approximate surface area is 136 Å². The third-order valence-electron chi connectivity index (χ3n) is 3.71. The van der Waals surface area contributed by atoms with E-state index >= 15 is 0 Å². The molecule has 3 rings (SSSR count). The van der Waals surface area contributed by atoms with Crippen LogP contribution < -0.4 is 5.32 Å². The number of rotatable bonds is 3. The molecule has 1 atom stereocenters. The maximum Gasteiger partial charge on any atom is 0.224 e. The van der Waals surface area contributed by atoms with Crippen LogP contribution in [0.2, 0.25) is 0 Å². The Morgan fingerprint density at radius 2 is 2.17 bits per heavy atom. The molecule has 3 heteroatoms. The molecule has 1 aliphatic rings. The Hall–Kier alpha value is -2.86. The van der Waals surface area contributed by atoms with Crippen LogP contribution in [0, 0.1) is 17.8 Å². The summed E-state index contributed by atoms with van der Waals surface area (Å²) in [6, 6.07) is 13.2. The molecular weight excluding hydrogens is 284 g/mol. The lowest BCUT2D eigenvalue weighted by Crippen LogP contribution is -2.14. The number of hydrogen-bond acceptors (Lipinski definition) is 2. The van der Waals surface area contributed by atoms with Crippen LogP contribution in [0.15, 0.2) is 60.8 Å². The molecule has 1 aliphatic carbocycles. The van der Waals surface area contributed by atoms with Gasteiger partial charge >= 0.3 is 0 Å². The molecule has 23 heavy (non-hydrogen) atoms. The van der Waals surface area contributed by atoms with E-state index in [4.69, 9.17) is 0 Å². The zero-order valence-corrected chi connectivity index (χ0v) is 12.8. The number of hydrogen-bond donors (Lipinski definition) is 1. The molecule has 1 amide bonds. The van der Waals surface area contributed by atoms with Crippen molar-refractivity contribution in [1.29, 1.82) is 0 Å². The summed E-state index contributed by atoms with van der Waals surface area (Å²) in [6.45, 7) is 0. The van der Waals surface area contributed by atoms with E-state index in [0.29, 0.717) is 12.3 Å². The van der Waals surface area contributed by atoms with Crippen LogP contribution in [0.1, 0.15) is 30.5 Å². The number of carbonyl (C=O) groups is 1. The van der Waals surface area contributed by atoms with Gasteiger partial charge in [-0.3, -0.25) is 4.79 Å². The van der Waals surface area contributed by atoms with Crippen molar-refractivity contribution in [2.24, 2.45) is 5.92 Å². The number of anilines is 1. The number of aromatic nitrogens is 1. The van der Waals surface area contributed by atoms with Crippen LogP contribution in [0.3, 0.4) is 0 Å². The third kappa shape index (κ3) is 4.55. The number of allylic oxidation sites excluding steroid dienone is 2. The Kier molecular flexibility index (Phi) is 4.85. The fourth-order valence-corrected chi connectivity index (χ4v) is 2.56. The highest BCUT2D eigenvalue weighted by atomic mass is 16.1. The van der Waals surface area contributed by atoms with Gasteiger partial charge in [0, 0.05) is 23.9 Å². The normalized spacial score (nSPS) is 15.7. The first kappa shape index (κ1) is 15.1. The summed E-state index contributed by atoms with van der Waals surface area (Å²) in [5, 5.41) is 2.95. The molecule has 1 N–H and O–H groups in total. The van der Waals surface area contributed by atoms with Crippen LogP contribution in [-0.4, -0.2) is 10.9 Å². The van der Waals surface area contributed by atoms with Gasteiger partial charge in [-0.15, -0.1) is 0 Å². The number of amides is 1. The second-order valence-electron chi connectivity index (χ2n) is 5.56. The van der Waals surface area contributed by atoms with Gasteiger partial charge in [-0.2, -0.15) is 0 Å². The van der Waals surface area contributed by atoms with Crippen molar-refractivity contribution in [1.82, 2.24) is 4.98 Å². The van der Waals surface area contributed by atoms with Crippen molar-refractivity contribution in [3.05, 3.63) is 72.1 Å². The van der Waals surface area contributed by atoms with E-state index in [1.807, 2.05) is 42.5 Å². The maximum atomic E-state index is 12.1. The first-order valence-corrected chi connectivity index (χ1v) is 7.79. The summed E-state index contributed by atoms with van der Waals surface area (Å²) < 4.78 is 0. The molecule has 0 saturated heterocycles. The summed E-state index contributed by atoms with van der Waals surface area (Å²) in [5.41, 5.74) is 2.37. The van der Waals surface area contributed by atoms with Crippen molar-refractivity contribution in [2.75, 3.05) is 5.32 Å². The van der Waals surface area contributed by atoms with Gasteiger partial charge in [0.05, 0.1) is 0 Å². The Balaban J connectivity index is 1.64. The van der Waals surface area contributed by atoms with Crippen molar-refractivity contribution < 1.29 is 4.79 Å². The molecule has 0 spiro atoms. The average Bonchev–Trinajstić information content (AvgIpc) is 3.07. The highest BCUT2D eigenvalue weighted by Crippen LogP contribution is 2.21. The number of pyridine rings is 1. The van der Waals surface area contributed by atoms with Gasteiger partial charge in [0.25, 0.3) is 0 Å². The molecule has 1 aromatic heterocycles. The van der Waals surface area contributed by atoms with E-state index in [9.17, 15) is 4.79 Å². The lowest BCUT2D eigenvalue weighted by Gasteiger charge is -2.08. The van der Waals surface area contributed by atoms with Crippen molar-refractivity contribution in [3.63, 3.8) is 0 Å². The van der Waals surface area contributed by atoms with Crippen LogP contribution in [0.5, 0.6) is 0 Å². The van der Waals surface area contributed by atoms with E-state index in [0.717, 1.165) is 29.8 Å². The monoisotopic (exact) mass is 302 g/mol. The van der Waals surface area contributed by atoms with Gasteiger partial charge in [-0.25, -0.2) is 4.98 Å². The molecule has 0 fully saturated rings. The Morgan fingerprint density at radius 1 is 1.22 bits per heavy atom. The van der Waals surface area contributed by atoms with Gasteiger partial charge in [0.15, 0.2) is 0 Å². The number of nitrogens with one attached hydrogen (secondary N) is 1. The van der Waals surface area contributed by atoms with Crippen LogP contribution in [-0.2, 0) is 4.79 Å². The fraction of sp³-hybridized carbons (Fsp3) is 0.200. The van der Waals surface area contributed by atoms with Crippen molar-refractivity contribution in [2.45, 2.75) is 19.3 Å². The minimum atomic E-state index is 0.0522. The summed E-state index contributed by atoms with van der Waals surface area (Å²) in [4.78, 5) is 16.2. The molecule has 1 heterocycles. The molecule has 0 radical (unpaired) electrons. The van der Waals surface area contributed by atoms with Crippen LogP contribution >= 0.6 is 0 Å². The maximum absolute atomic E-state index is 12.1. The largest absolute Gasteiger partial charge is 0.326 e.